The monoisotopic (exact) mass is 282 g/mol. The fourth-order valence-corrected chi connectivity index (χ4v) is 2.50. The molecule has 0 unspecified atom stereocenters. The molecular weight excluding hydrogens is 272 g/mol. The Bertz CT molecular complexity index is 657. The molecule has 0 amide bonds. The van der Waals surface area contributed by atoms with Gasteiger partial charge in [-0.25, -0.2) is 0 Å². The molecule has 0 aliphatic heterocycles. The van der Waals surface area contributed by atoms with E-state index in [2.05, 4.69) is 76.6 Å². The molecule has 3 rings (SSSR count). The van der Waals surface area contributed by atoms with E-state index in [1.54, 1.807) is 0 Å². The molecule has 0 aliphatic carbocycles. The van der Waals surface area contributed by atoms with E-state index in [1.165, 1.54) is 21.9 Å². The molecule has 0 atom stereocenters. The minimum absolute atomic E-state index is 1.12. The lowest BCUT2D eigenvalue weighted by Crippen LogP contribution is -1.80. The Balaban J connectivity index is 2.31. The number of rotatable bonds is 1. The van der Waals surface area contributed by atoms with Crippen LogP contribution in [0.1, 0.15) is 0 Å². The minimum atomic E-state index is 1.12. The number of hydrogen-bond donors (Lipinski definition) is 0. The summed E-state index contributed by atoms with van der Waals surface area (Å²) in [4.78, 5) is 0. The first-order valence-corrected chi connectivity index (χ1v) is 6.37. The van der Waals surface area contributed by atoms with E-state index in [-0.39, 0.29) is 0 Å². The summed E-state index contributed by atoms with van der Waals surface area (Å²) in [7, 11) is 0. The molecular formula is C16H11Br. The SMILES string of the molecule is Brc1ccc2c(-c3ccccc3)cccc2c1. The van der Waals surface area contributed by atoms with Gasteiger partial charge in [-0.2, -0.15) is 0 Å². The summed E-state index contributed by atoms with van der Waals surface area (Å²) >= 11 is 3.51. The second kappa shape index (κ2) is 4.34. The third kappa shape index (κ3) is 1.98. The maximum Gasteiger partial charge on any atom is 0.0181 e. The van der Waals surface area contributed by atoms with E-state index in [1.807, 2.05) is 6.07 Å². The van der Waals surface area contributed by atoms with Gasteiger partial charge in [0, 0.05) is 4.47 Å². The Morgan fingerprint density at radius 2 is 1.53 bits per heavy atom. The lowest BCUT2D eigenvalue weighted by molar-refractivity contribution is 1.64. The molecule has 0 heterocycles. The van der Waals surface area contributed by atoms with Gasteiger partial charge in [0.05, 0.1) is 0 Å². The molecule has 82 valence electrons. The molecule has 0 saturated carbocycles. The molecule has 3 aromatic rings. The van der Waals surface area contributed by atoms with E-state index in [9.17, 15) is 0 Å². The molecule has 0 N–H and O–H groups in total. The predicted molar refractivity (Wildman–Crippen MR) is 77.1 cm³/mol. The highest BCUT2D eigenvalue weighted by Gasteiger charge is 2.02. The van der Waals surface area contributed by atoms with Crippen molar-refractivity contribution in [3.05, 3.63) is 71.2 Å². The van der Waals surface area contributed by atoms with Crippen molar-refractivity contribution in [1.82, 2.24) is 0 Å². The van der Waals surface area contributed by atoms with Crippen LogP contribution < -0.4 is 0 Å². The maximum absolute atomic E-state index is 3.51. The first-order chi connectivity index (χ1) is 8.34. The highest BCUT2D eigenvalue weighted by atomic mass is 79.9. The zero-order chi connectivity index (χ0) is 11.7. The van der Waals surface area contributed by atoms with Gasteiger partial charge >= 0.3 is 0 Å². The largest absolute Gasteiger partial charge is 0.0622 e. The molecule has 0 bridgehead atoms. The second-order valence-corrected chi connectivity index (χ2v) is 4.95. The van der Waals surface area contributed by atoms with E-state index in [0.717, 1.165) is 4.47 Å². The van der Waals surface area contributed by atoms with Crippen LogP contribution >= 0.6 is 15.9 Å². The summed E-state index contributed by atoms with van der Waals surface area (Å²) in [6, 6.07) is 23.3. The van der Waals surface area contributed by atoms with Crippen LogP contribution in [0.2, 0.25) is 0 Å². The van der Waals surface area contributed by atoms with Crippen molar-refractivity contribution in [3.8, 4) is 11.1 Å². The smallest absolute Gasteiger partial charge is 0.0181 e. The third-order valence-electron chi connectivity index (χ3n) is 2.93. The van der Waals surface area contributed by atoms with Crippen LogP contribution in [-0.4, -0.2) is 0 Å². The van der Waals surface area contributed by atoms with Gasteiger partial charge in [0.2, 0.25) is 0 Å². The van der Waals surface area contributed by atoms with Crippen molar-refractivity contribution in [1.29, 1.82) is 0 Å². The van der Waals surface area contributed by atoms with E-state index < -0.39 is 0 Å². The zero-order valence-corrected chi connectivity index (χ0v) is 10.8. The van der Waals surface area contributed by atoms with Crippen molar-refractivity contribution in [3.63, 3.8) is 0 Å². The van der Waals surface area contributed by atoms with Gasteiger partial charge in [-0.1, -0.05) is 70.5 Å². The van der Waals surface area contributed by atoms with Crippen LogP contribution in [-0.2, 0) is 0 Å². The second-order valence-electron chi connectivity index (χ2n) is 4.04. The number of halogens is 1. The lowest BCUT2D eigenvalue weighted by Gasteiger charge is -2.07. The van der Waals surface area contributed by atoms with Crippen LogP contribution in [0.15, 0.2) is 71.2 Å². The first kappa shape index (κ1) is 10.5. The highest BCUT2D eigenvalue weighted by molar-refractivity contribution is 9.10. The van der Waals surface area contributed by atoms with Crippen LogP contribution in [0.5, 0.6) is 0 Å². The average molecular weight is 283 g/mol. The molecule has 0 radical (unpaired) electrons. The van der Waals surface area contributed by atoms with E-state index >= 15 is 0 Å². The molecule has 0 fully saturated rings. The molecule has 0 nitrogen and oxygen atoms in total. The van der Waals surface area contributed by atoms with Gasteiger partial charge in [-0.05, 0) is 34.0 Å². The van der Waals surface area contributed by atoms with Crippen LogP contribution in [0.25, 0.3) is 21.9 Å². The number of fused-ring (bicyclic) bond motifs is 1. The minimum Gasteiger partial charge on any atom is -0.0622 e. The van der Waals surface area contributed by atoms with Crippen LogP contribution in [0.4, 0.5) is 0 Å². The van der Waals surface area contributed by atoms with Gasteiger partial charge in [-0.15, -0.1) is 0 Å². The zero-order valence-electron chi connectivity index (χ0n) is 9.23. The summed E-state index contributed by atoms with van der Waals surface area (Å²) in [5.41, 5.74) is 2.55. The summed E-state index contributed by atoms with van der Waals surface area (Å²) in [6.07, 6.45) is 0. The first-order valence-electron chi connectivity index (χ1n) is 5.58. The molecule has 1 heteroatoms. The van der Waals surface area contributed by atoms with Crippen molar-refractivity contribution < 1.29 is 0 Å². The van der Waals surface area contributed by atoms with Crippen molar-refractivity contribution >= 4 is 26.7 Å². The Kier molecular flexibility index (Phi) is 2.69. The maximum atomic E-state index is 3.51. The molecule has 0 saturated heterocycles. The topological polar surface area (TPSA) is 0 Å². The normalized spacial score (nSPS) is 10.6. The molecule has 0 spiro atoms. The quantitative estimate of drug-likeness (QED) is 0.570. The number of hydrogen-bond acceptors (Lipinski definition) is 0. The number of benzene rings is 3. The van der Waals surface area contributed by atoms with Crippen molar-refractivity contribution in [2.75, 3.05) is 0 Å². The Hall–Kier alpha value is -1.60. The Morgan fingerprint density at radius 1 is 0.706 bits per heavy atom. The van der Waals surface area contributed by atoms with E-state index in [4.69, 9.17) is 0 Å². The highest BCUT2D eigenvalue weighted by Crippen LogP contribution is 2.29. The standard InChI is InChI=1S/C16H11Br/c17-14-9-10-16-13(11-14)7-4-8-15(16)12-5-2-1-3-6-12/h1-11H. The van der Waals surface area contributed by atoms with Gasteiger partial charge in [0.15, 0.2) is 0 Å². The van der Waals surface area contributed by atoms with Gasteiger partial charge in [-0.3, -0.25) is 0 Å². The summed E-state index contributed by atoms with van der Waals surface area (Å²) in [5.74, 6) is 0. The molecule has 0 aromatic heterocycles. The van der Waals surface area contributed by atoms with Gasteiger partial charge in [0.1, 0.15) is 0 Å². The average Bonchev–Trinajstić information content (AvgIpc) is 2.39. The third-order valence-corrected chi connectivity index (χ3v) is 3.42. The van der Waals surface area contributed by atoms with Crippen LogP contribution in [0.3, 0.4) is 0 Å². The van der Waals surface area contributed by atoms with Crippen molar-refractivity contribution in [2.45, 2.75) is 0 Å². The predicted octanol–water partition coefficient (Wildman–Crippen LogP) is 5.27. The summed E-state index contributed by atoms with van der Waals surface area (Å²) in [5, 5.41) is 2.56. The van der Waals surface area contributed by atoms with E-state index in [0.29, 0.717) is 0 Å². The fraction of sp³-hybridized carbons (Fsp3) is 0. The summed E-state index contributed by atoms with van der Waals surface area (Å²) in [6.45, 7) is 0. The van der Waals surface area contributed by atoms with Crippen LogP contribution in [0, 0.1) is 0 Å². The lowest BCUT2D eigenvalue weighted by atomic mass is 9.98. The molecule has 0 aliphatic rings. The molecule has 3 aromatic carbocycles. The van der Waals surface area contributed by atoms with Gasteiger partial charge in [0.25, 0.3) is 0 Å². The summed E-state index contributed by atoms with van der Waals surface area (Å²) < 4.78 is 1.12. The van der Waals surface area contributed by atoms with Gasteiger partial charge < -0.3 is 0 Å². The fourth-order valence-electron chi connectivity index (χ4n) is 2.12. The Labute approximate surface area is 109 Å². The Morgan fingerprint density at radius 3 is 2.35 bits per heavy atom. The van der Waals surface area contributed by atoms with Crippen molar-refractivity contribution in [2.24, 2.45) is 0 Å². The molecule has 17 heavy (non-hydrogen) atoms.